The van der Waals surface area contributed by atoms with E-state index in [1.165, 1.54) is 0 Å². The number of piperidine rings is 1. The summed E-state index contributed by atoms with van der Waals surface area (Å²) in [5.41, 5.74) is 4.57. The molecule has 2 aliphatic heterocycles. The van der Waals surface area contributed by atoms with Crippen molar-refractivity contribution >= 4 is 17.4 Å². The van der Waals surface area contributed by atoms with Crippen molar-refractivity contribution < 1.29 is 18.7 Å². The lowest BCUT2D eigenvalue weighted by molar-refractivity contribution is -0.121. The van der Waals surface area contributed by atoms with Gasteiger partial charge in [0.05, 0.1) is 0 Å². The van der Waals surface area contributed by atoms with Gasteiger partial charge in [-0.2, -0.15) is 0 Å². The van der Waals surface area contributed by atoms with E-state index in [9.17, 15) is 14.0 Å². The molecule has 5 rings (SSSR count). The van der Waals surface area contributed by atoms with Crippen molar-refractivity contribution in [3.8, 4) is 22.6 Å². The smallest absolute Gasteiger partial charge is 0.251 e. The van der Waals surface area contributed by atoms with Crippen molar-refractivity contribution in [2.75, 3.05) is 18.0 Å². The lowest BCUT2D eigenvalue weighted by Crippen LogP contribution is -2.36. The molecule has 172 valence electrons. The van der Waals surface area contributed by atoms with E-state index in [0.29, 0.717) is 38.0 Å². The monoisotopic (exact) mass is 456 g/mol. The van der Waals surface area contributed by atoms with E-state index in [2.05, 4.69) is 22.9 Å². The number of fused-ring (bicyclic) bond motifs is 1. The Morgan fingerprint density at radius 2 is 1.62 bits per heavy atom. The largest absolute Gasteiger partial charge is 0.457 e. The summed E-state index contributed by atoms with van der Waals surface area (Å²) in [6, 6.07) is 21.5. The Hall–Kier alpha value is -3.93. The van der Waals surface area contributed by atoms with Crippen LogP contribution in [0.25, 0.3) is 11.1 Å². The molecule has 2 heterocycles. The number of hydrogen-bond donors (Lipinski definition) is 1. The minimum absolute atomic E-state index is 0.0825. The fraction of sp³-hybridized carbons (Fsp3) is 0.214. The number of carbonyl (C=O) groups is 2. The lowest BCUT2D eigenvalue weighted by atomic mass is 9.90. The molecule has 5 nitrogen and oxygen atoms in total. The van der Waals surface area contributed by atoms with Gasteiger partial charge in [0, 0.05) is 36.8 Å². The van der Waals surface area contributed by atoms with Gasteiger partial charge in [0.25, 0.3) is 5.91 Å². The molecule has 2 aliphatic rings. The van der Waals surface area contributed by atoms with E-state index in [1.807, 2.05) is 60.7 Å². The second-order valence-electron chi connectivity index (χ2n) is 8.67. The summed E-state index contributed by atoms with van der Waals surface area (Å²) in [7, 11) is 0. The van der Waals surface area contributed by atoms with Crippen LogP contribution in [0.5, 0.6) is 11.5 Å². The average Bonchev–Trinajstić information content (AvgIpc) is 3.25. The van der Waals surface area contributed by atoms with E-state index in [-0.39, 0.29) is 11.8 Å². The number of anilines is 1. The third-order valence-electron chi connectivity index (χ3n) is 6.55. The molecule has 1 fully saturated rings. The van der Waals surface area contributed by atoms with E-state index in [4.69, 9.17) is 4.74 Å². The Balaban J connectivity index is 1.41. The molecule has 0 radical (unpaired) electrons. The van der Waals surface area contributed by atoms with Crippen molar-refractivity contribution in [2.45, 2.75) is 19.4 Å². The minimum Gasteiger partial charge on any atom is -0.457 e. The number of benzene rings is 3. The normalized spacial score (nSPS) is 15.6. The number of ketones is 1. The van der Waals surface area contributed by atoms with Gasteiger partial charge in [-0.3, -0.25) is 9.59 Å². The van der Waals surface area contributed by atoms with Gasteiger partial charge in [-0.15, -0.1) is 0 Å². The number of rotatable bonds is 6. The Bertz CT molecular complexity index is 1250. The summed E-state index contributed by atoms with van der Waals surface area (Å²) in [6.45, 7) is 4.87. The van der Waals surface area contributed by atoms with Crippen molar-refractivity contribution in [3.63, 3.8) is 0 Å². The third-order valence-corrected chi connectivity index (χ3v) is 6.55. The van der Waals surface area contributed by atoms with Crippen LogP contribution in [0.2, 0.25) is 0 Å². The maximum absolute atomic E-state index is 13.3. The number of allylic oxidation sites excluding steroid dienone is 1. The highest BCUT2D eigenvalue weighted by Gasteiger charge is 2.29. The topological polar surface area (TPSA) is 58.6 Å². The van der Waals surface area contributed by atoms with Crippen LogP contribution in [0.1, 0.15) is 28.8 Å². The molecule has 34 heavy (non-hydrogen) atoms. The fourth-order valence-corrected chi connectivity index (χ4v) is 4.70. The summed E-state index contributed by atoms with van der Waals surface area (Å²) in [5.74, 6) is -0.269. The third kappa shape index (κ3) is 4.31. The van der Waals surface area contributed by atoms with E-state index in [1.54, 1.807) is 0 Å². The first-order valence-electron chi connectivity index (χ1n) is 11.4. The van der Waals surface area contributed by atoms with E-state index < -0.39 is 11.6 Å². The van der Waals surface area contributed by atoms with Gasteiger partial charge in [0.15, 0.2) is 11.6 Å². The van der Waals surface area contributed by atoms with Crippen LogP contribution in [-0.4, -0.2) is 24.8 Å². The zero-order valence-electron chi connectivity index (χ0n) is 18.7. The molecule has 1 N–H and O–H groups in total. The summed E-state index contributed by atoms with van der Waals surface area (Å²) in [6.07, 6.45) is 1.12. The van der Waals surface area contributed by atoms with Gasteiger partial charge in [-0.05, 0) is 65.9 Å². The van der Waals surface area contributed by atoms with E-state index in [0.717, 1.165) is 33.9 Å². The molecule has 0 aliphatic carbocycles. The van der Waals surface area contributed by atoms with Crippen molar-refractivity contribution in [1.29, 1.82) is 0 Å². The number of ether oxygens (including phenoxy) is 1. The van der Waals surface area contributed by atoms with Gasteiger partial charge in [-0.25, -0.2) is 4.39 Å². The molecule has 0 unspecified atom stereocenters. The molecule has 1 saturated heterocycles. The maximum atomic E-state index is 13.3. The number of hydrogen-bond acceptors (Lipinski definition) is 4. The minimum atomic E-state index is -0.866. The number of amides is 1. The Morgan fingerprint density at radius 3 is 2.29 bits per heavy atom. The second-order valence-corrected chi connectivity index (χ2v) is 8.67. The first-order chi connectivity index (χ1) is 16.5. The zero-order chi connectivity index (χ0) is 23.7. The SMILES string of the molecule is C=C(F)C(=O)C1CCN(c2cc3c(c(-c4ccc(Oc5ccccc5)cc4)c2)CNC3=O)CC1. The van der Waals surface area contributed by atoms with Gasteiger partial charge < -0.3 is 15.0 Å². The molecule has 3 aromatic carbocycles. The molecule has 0 saturated carbocycles. The van der Waals surface area contributed by atoms with Crippen molar-refractivity contribution in [2.24, 2.45) is 5.92 Å². The predicted molar refractivity (Wildman–Crippen MR) is 130 cm³/mol. The highest BCUT2D eigenvalue weighted by molar-refractivity contribution is 6.02. The van der Waals surface area contributed by atoms with E-state index >= 15 is 0 Å². The molecule has 0 spiro atoms. The van der Waals surface area contributed by atoms with Crippen LogP contribution in [0, 0.1) is 5.92 Å². The average molecular weight is 457 g/mol. The highest BCUT2D eigenvalue weighted by atomic mass is 19.1. The summed E-state index contributed by atoms with van der Waals surface area (Å²) in [5, 5.41) is 2.93. The molecular formula is C28H25FN2O3. The first kappa shape index (κ1) is 21.9. The molecule has 1 amide bonds. The summed E-state index contributed by atoms with van der Waals surface area (Å²) in [4.78, 5) is 26.6. The number of carbonyl (C=O) groups excluding carboxylic acids is 2. The van der Waals surface area contributed by atoms with Crippen molar-refractivity contribution in [3.05, 3.63) is 90.3 Å². The number of Topliss-reactive ketones (excluding diaryl/α,β-unsaturated/α-hetero) is 1. The van der Waals surface area contributed by atoms with Gasteiger partial charge in [0.1, 0.15) is 11.5 Å². The number of nitrogens with one attached hydrogen (secondary N) is 1. The molecule has 0 bridgehead atoms. The lowest BCUT2D eigenvalue weighted by Gasteiger charge is -2.33. The van der Waals surface area contributed by atoms with Gasteiger partial charge >= 0.3 is 0 Å². The quantitative estimate of drug-likeness (QED) is 0.487. The van der Waals surface area contributed by atoms with Crippen LogP contribution in [0.3, 0.4) is 0 Å². The fourth-order valence-electron chi connectivity index (χ4n) is 4.70. The number of nitrogens with zero attached hydrogens (tertiary/aromatic N) is 1. The van der Waals surface area contributed by atoms with Crippen LogP contribution in [-0.2, 0) is 11.3 Å². The standard InChI is InChI=1S/C28H25FN2O3/c1-18(29)27(32)20-11-13-31(14-12-20)21-15-24(26-17-30-28(33)25(26)16-21)19-7-9-23(10-8-19)34-22-5-3-2-4-6-22/h2-10,15-16,20H,1,11-14,17H2,(H,30,33). The summed E-state index contributed by atoms with van der Waals surface area (Å²) < 4.78 is 19.2. The van der Waals surface area contributed by atoms with Crippen LogP contribution >= 0.6 is 0 Å². The van der Waals surface area contributed by atoms with Crippen molar-refractivity contribution in [1.82, 2.24) is 5.32 Å². The maximum Gasteiger partial charge on any atom is 0.251 e. The first-order valence-corrected chi connectivity index (χ1v) is 11.4. The molecule has 0 atom stereocenters. The van der Waals surface area contributed by atoms with Crippen LogP contribution in [0.4, 0.5) is 10.1 Å². The van der Waals surface area contributed by atoms with Gasteiger partial charge in [0.2, 0.25) is 0 Å². The highest BCUT2D eigenvalue weighted by Crippen LogP contribution is 2.36. The molecule has 3 aromatic rings. The number of halogens is 1. The Kier molecular flexibility index (Phi) is 5.88. The Morgan fingerprint density at radius 1 is 0.971 bits per heavy atom. The molecule has 6 heteroatoms. The molecule has 0 aromatic heterocycles. The Labute approximate surface area is 197 Å². The van der Waals surface area contributed by atoms with Gasteiger partial charge in [-0.1, -0.05) is 36.9 Å². The molecular weight excluding hydrogens is 431 g/mol. The summed E-state index contributed by atoms with van der Waals surface area (Å²) >= 11 is 0. The van der Waals surface area contributed by atoms with Crippen LogP contribution < -0.4 is 15.0 Å². The number of para-hydroxylation sites is 1. The predicted octanol–water partition coefficient (Wildman–Crippen LogP) is 5.66. The second kappa shape index (κ2) is 9.14. The zero-order valence-corrected chi connectivity index (χ0v) is 18.7. The van der Waals surface area contributed by atoms with Crippen LogP contribution in [0.15, 0.2) is 79.1 Å².